The molecule has 1 fully saturated rings. The number of carbonyl (C=O) groups is 2. The van der Waals surface area contributed by atoms with Crippen molar-refractivity contribution in [1.82, 2.24) is 4.90 Å². The highest BCUT2D eigenvalue weighted by atomic mass is 127. The third kappa shape index (κ3) is 2.61. The van der Waals surface area contributed by atoms with Crippen molar-refractivity contribution in [3.63, 3.8) is 0 Å². The highest BCUT2D eigenvalue weighted by molar-refractivity contribution is 14.1. The lowest BCUT2D eigenvalue weighted by atomic mass is 10.1. The Morgan fingerprint density at radius 1 is 1.44 bits per heavy atom. The van der Waals surface area contributed by atoms with E-state index in [1.54, 1.807) is 18.2 Å². The molecule has 1 aromatic rings. The molecular formula is C12H11ClINO3. The number of benzene rings is 1. The maximum absolute atomic E-state index is 12.3. The SMILES string of the molecule is O=C(O)[C@@H]1CCCN1C(=O)c1cc(Cl)ccc1I. The third-order valence-corrected chi connectivity index (χ3v) is 4.13. The van der Waals surface area contributed by atoms with Crippen molar-refractivity contribution in [2.24, 2.45) is 0 Å². The van der Waals surface area contributed by atoms with Crippen molar-refractivity contribution in [2.75, 3.05) is 6.54 Å². The van der Waals surface area contributed by atoms with E-state index in [1.807, 2.05) is 22.6 Å². The molecule has 1 amide bonds. The molecule has 0 saturated carbocycles. The zero-order valence-corrected chi connectivity index (χ0v) is 12.3. The lowest BCUT2D eigenvalue weighted by molar-refractivity contribution is -0.141. The summed E-state index contributed by atoms with van der Waals surface area (Å²) < 4.78 is 0.776. The summed E-state index contributed by atoms with van der Waals surface area (Å²) >= 11 is 7.93. The van der Waals surface area contributed by atoms with Crippen LogP contribution in [0.5, 0.6) is 0 Å². The summed E-state index contributed by atoms with van der Waals surface area (Å²) in [5, 5.41) is 9.56. The number of rotatable bonds is 2. The maximum atomic E-state index is 12.3. The molecule has 0 radical (unpaired) electrons. The molecular weight excluding hydrogens is 368 g/mol. The molecule has 0 spiro atoms. The highest BCUT2D eigenvalue weighted by Crippen LogP contribution is 2.24. The van der Waals surface area contributed by atoms with Gasteiger partial charge in [-0.05, 0) is 53.6 Å². The van der Waals surface area contributed by atoms with Crippen molar-refractivity contribution in [1.29, 1.82) is 0 Å². The summed E-state index contributed by atoms with van der Waals surface area (Å²) in [5.41, 5.74) is 0.469. The van der Waals surface area contributed by atoms with E-state index >= 15 is 0 Å². The minimum atomic E-state index is -0.946. The van der Waals surface area contributed by atoms with Crippen LogP contribution in [0.15, 0.2) is 18.2 Å². The van der Waals surface area contributed by atoms with E-state index in [0.717, 1.165) is 9.99 Å². The van der Waals surface area contributed by atoms with Gasteiger partial charge in [0.2, 0.25) is 0 Å². The van der Waals surface area contributed by atoms with E-state index in [-0.39, 0.29) is 5.91 Å². The second-order valence-corrected chi connectivity index (χ2v) is 5.72. The number of halogens is 2. The second kappa shape index (κ2) is 5.44. The molecule has 0 unspecified atom stereocenters. The summed E-state index contributed by atoms with van der Waals surface area (Å²) in [6.45, 7) is 0.485. The molecule has 0 bridgehead atoms. The molecule has 2 rings (SSSR count). The van der Waals surface area contributed by atoms with Crippen molar-refractivity contribution in [3.8, 4) is 0 Å². The molecule has 1 saturated heterocycles. The second-order valence-electron chi connectivity index (χ2n) is 4.12. The van der Waals surface area contributed by atoms with Gasteiger partial charge in [-0.2, -0.15) is 0 Å². The first-order valence-electron chi connectivity index (χ1n) is 5.49. The van der Waals surface area contributed by atoms with Crippen LogP contribution in [0.1, 0.15) is 23.2 Å². The van der Waals surface area contributed by atoms with E-state index in [1.165, 1.54) is 4.90 Å². The van der Waals surface area contributed by atoms with Gasteiger partial charge < -0.3 is 10.0 Å². The Bertz CT molecular complexity index is 506. The first-order valence-corrected chi connectivity index (χ1v) is 6.95. The zero-order valence-electron chi connectivity index (χ0n) is 9.40. The molecule has 0 aliphatic carbocycles. The van der Waals surface area contributed by atoms with Crippen LogP contribution < -0.4 is 0 Å². The minimum absolute atomic E-state index is 0.258. The molecule has 1 aliphatic heterocycles. The van der Waals surface area contributed by atoms with Crippen LogP contribution in [0, 0.1) is 3.57 Å². The van der Waals surface area contributed by atoms with Crippen molar-refractivity contribution in [2.45, 2.75) is 18.9 Å². The zero-order chi connectivity index (χ0) is 13.3. The van der Waals surface area contributed by atoms with E-state index in [9.17, 15) is 9.59 Å². The number of hydrogen-bond donors (Lipinski definition) is 1. The molecule has 1 atom stereocenters. The van der Waals surface area contributed by atoms with Crippen LogP contribution in [0.25, 0.3) is 0 Å². The van der Waals surface area contributed by atoms with Gasteiger partial charge >= 0.3 is 5.97 Å². The summed E-state index contributed by atoms with van der Waals surface area (Å²) in [6, 6.07) is 4.33. The number of aliphatic carboxylic acids is 1. The molecule has 4 nitrogen and oxygen atoms in total. The topological polar surface area (TPSA) is 57.6 Å². The van der Waals surface area contributed by atoms with Crippen LogP contribution in [-0.2, 0) is 4.79 Å². The molecule has 96 valence electrons. The van der Waals surface area contributed by atoms with E-state index in [0.29, 0.717) is 23.6 Å². The molecule has 0 aromatic heterocycles. The van der Waals surface area contributed by atoms with Gasteiger partial charge in [-0.15, -0.1) is 0 Å². The predicted octanol–water partition coefficient (Wildman–Crippen LogP) is 2.63. The molecule has 1 aromatic carbocycles. The highest BCUT2D eigenvalue weighted by Gasteiger charge is 2.34. The summed E-state index contributed by atoms with van der Waals surface area (Å²) in [4.78, 5) is 24.8. The van der Waals surface area contributed by atoms with E-state index in [2.05, 4.69) is 0 Å². The lowest BCUT2D eigenvalue weighted by Crippen LogP contribution is -2.40. The lowest BCUT2D eigenvalue weighted by Gasteiger charge is -2.22. The first-order chi connectivity index (χ1) is 8.50. The monoisotopic (exact) mass is 379 g/mol. The van der Waals surface area contributed by atoms with Gasteiger partial charge in [0.05, 0.1) is 5.56 Å². The largest absolute Gasteiger partial charge is 0.480 e. The van der Waals surface area contributed by atoms with Crippen LogP contribution in [0.4, 0.5) is 0 Å². The van der Waals surface area contributed by atoms with Gasteiger partial charge in [0.15, 0.2) is 0 Å². The molecule has 18 heavy (non-hydrogen) atoms. The quantitative estimate of drug-likeness (QED) is 0.804. The number of carboxylic acid groups (broad SMARTS) is 1. The van der Waals surface area contributed by atoms with Gasteiger partial charge in [-0.1, -0.05) is 11.6 Å². The van der Waals surface area contributed by atoms with E-state index < -0.39 is 12.0 Å². The number of amides is 1. The van der Waals surface area contributed by atoms with Crippen LogP contribution in [-0.4, -0.2) is 34.5 Å². The van der Waals surface area contributed by atoms with Crippen molar-refractivity contribution < 1.29 is 14.7 Å². The Hall–Kier alpha value is -0.820. The minimum Gasteiger partial charge on any atom is -0.480 e. The number of likely N-dealkylation sites (tertiary alicyclic amines) is 1. The molecule has 6 heteroatoms. The summed E-state index contributed by atoms with van der Waals surface area (Å²) in [6.07, 6.45) is 1.23. The average molecular weight is 380 g/mol. The number of carbonyl (C=O) groups excluding carboxylic acids is 1. The molecule has 1 aliphatic rings. The van der Waals surface area contributed by atoms with Gasteiger partial charge in [0.25, 0.3) is 5.91 Å². The number of nitrogens with zero attached hydrogens (tertiary/aromatic N) is 1. The molecule has 1 heterocycles. The fourth-order valence-corrected chi connectivity index (χ4v) is 2.82. The average Bonchev–Trinajstić information content (AvgIpc) is 2.80. The van der Waals surface area contributed by atoms with Gasteiger partial charge in [-0.3, -0.25) is 4.79 Å². The normalized spacial score (nSPS) is 19.0. The van der Waals surface area contributed by atoms with Crippen molar-refractivity contribution >= 4 is 46.1 Å². The van der Waals surface area contributed by atoms with Crippen LogP contribution in [0.3, 0.4) is 0 Å². The third-order valence-electron chi connectivity index (χ3n) is 2.96. The van der Waals surface area contributed by atoms with E-state index in [4.69, 9.17) is 16.7 Å². The van der Waals surface area contributed by atoms with Crippen molar-refractivity contribution in [3.05, 3.63) is 32.4 Å². The smallest absolute Gasteiger partial charge is 0.326 e. The number of hydrogen-bond acceptors (Lipinski definition) is 2. The Labute approximate surface area is 123 Å². The maximum Gasteiger partial charge on any atom is 0.326 e. The Morgan fingerprint density at radius 3 is 2.83 bits per heavy atom. The fraction of sp³-hybridized carbons (Fsp3) is 0.333. The van der Waals surface area contributed by atoms with Gasteiger partial charge in [-0.25, -0.2) is 4.79 Å². The Kier molecular flexibility index (Phi) is 4.11. The van der Waals surface area contributed by atoms with Gasteiger partial charge in [0, 0.05) is 15.1 Å². The Balaban J connectivity index is 2.31. The first kappa shape index (κ1) is 13.6. The molecule has 1 N–H and O–H groups in total. The fourth-order valence-electron chi connectivity index (χ4n) is 2.08. The standard InChI is InChI=1S/C12H11ClINO3/c13-7-3-4-9(14)8(6-7)11(16)15-5-1-2-10(15)12(17)18/h3-4,6,10H,1-2,5H2,(H,17,18)/t10-/m0/s1. The summed E-state index contributed by atoms with van der Waals surface area (Å²) in [5.74, 6) is -1.20. The van der Waals surface area contributed by atoms with Crippen LogP contribution in [0.2, 0.25) is 5.02 Å². The van der Waals surface area contributed by atoms with Crippen LogP contribution >= 0.6 is 34.2 Å². The van der Waals surface area contributed by atoms with Gasteiger partial charge in [0.1, 0.15) is 6.04 Å². The Morgan fingerprint density at radius 2 is 2.17 bits per heavy atom. The summed E-state index contributed by atoms with van der Waals surface area (Å²) in [7, 11) is 0. The number of carboxylic acids is 1. The predicted molar refractivity (Wildman–Crippen MR) is 75.9 cm³/mol.